The quantitative estimate of drug-likeness (QED) is 0.232. The first kappa shape index (κ1) is 21.8. The molecule has 6 nitrogen and oxygen atoms in total. The molecule has 0 radical (unpaired) electrons. The third kappa shape index (κ3) is 5.40. The van der Waals surface area contributed by atoms with Crippen molar-refractivity contribution in [2.45, 2.75) is 26.4 Å². The second-order valence-corrected chi connectivity index (χ2v) is 5.20. The fourth-order valence-corrected chi connectivity index (χ4v) is 1.80. The van der Waals surface area contributed by atoms with E-state index in [1.165, 1.54) is 6.92 Å². The van der Waals surface area contributed by atoms with E-state index in [2.05, 4.69) is 9.47 Å². The molecule has 0 fully saturated rings. The first-order valence-electron chi connectivity index (χ1n) is 7.68. The van der Waals surface area contributed by atoms with E-state index in [0.29, 0.717) is 13.0 Å². The summed E-state index contributed by atoms with van der Waals surface area (Å²) < 4.78 is 68.9. The molecule has 1 N–H and O–H groups in total. The number of ether oxygens (including phenoxy) is 3. The molecule has 1 aromatic carbocycles. The Kier molecular flexibility index (Phi) is 8.46. The molecular weight excluding hydrogens is 364 g/mol. The van der Waals surface area contributed by atoms with Crippen LogP contribution >= 0.6 is 0 Å². The largest absolute Gasteiger partial charge is 0.460 e. The Bertz CT molecular complexity index is 663. The number of hydrogen-bond donors (Lipinski definition) is 1. The molecule has 1 rings (SSSR count). The van der Waals surface area contributed by atoms with Gasteiger partial charge < -0.3 is 19.3 Å². The van der Waals surface area contributed by atoms with Gasteiger partial charge in [-0.2, -0.15) is 0 Å². The van der Waals surface area contributed by atoms with Gasteiger partial charge >= 0.3 is 11.9 Å². The van der Waals surface area contributed by atoms with Crippen molar-refractivity contribution in [3.05, 3.63) is 34.4 Å². The second kappa shape index (κ2) is 10.1. The average molecular weight is 382 g/mol. The van der Waals surface area contributed by atoms with Crippen LogP contribution in [-0.4, -0.2) is 49.6 Å². The molecule has 0 bridgehead atoms. The first-order chi connectivity index (χ1) is 12.2. The Balaban J connectivity index is 3.15. The molecule has 0 aliphatic carbocycles. The standard InChI is InChI=1S/C16H18F4O6/c1-3-4-24-5-6-25-15(22)9-10(16(23)26-7-8(2)21)12(18)14(20)13(19)11(9)17/h8,21H,3-7H2,1-2H3. The van der Waals surface area contributed by atoms with Crippen LogP contribution in [0.25, 0.3) is 0 Å². The van der Waals surface area contributed by atoms with Crippen LogP contribution in [0.5, 0.6) is 0 Å². The van der Waals surface area contributed by atoms with Crippen molar-refractivity contribution in [2.75, 3.05) is 26.4 Å². The van der Waals surface area contributed by atoms with E-state index in [0.717, 1.165) is 0 Å². The van der Waals surface area contributed by atoms with Crippen molar-refractivity contribution < 1.29 is 46.5 Å². The topological polar surface area (TPSA) is 82.1 Å². The molecule has 1 unspecified atom stereocenters. The fraction of sp³-hybridized carbons (Fsp3) is 0.500. The molecule has 0 spiro atoms. The minimum absolute atomic E-state index is 0.0742. The van der Waals surface area contributed by atoms with Crippen molar-refractivity contribution in [3.63, 3.8) is 0 Å². The highest BCUT2D eigenvalue weighted by Gasteiger charge is 2.34. The van der Waals surface area contributed by atoms with Gasteiger partial charge in [0.2, 0.25) is 0 Å². The van der Waals surface area contributed by atoms with Gasteiger partial charge in [-0.15, -0.1) is 0 Å². The van der Waals surface area contributed by atoms with Crippen molar-refractivity contribution in [1.29, 1.82) is 0 Å². The highest BCUT2D eigenvalue weighted by Crippen LogP contribution is 2.26. The van der Waals surface area contributed by atoms with Crippen molar-refractivity contribution >= 4 is 11.9 Å². The summed E-state index contributed by atoms with van der Waals surface area (Å²) in [6, 6.07) is 0. The molecule has 0 aromatic heterocycles. The molecule has 26 heavy (non-hydrogen) atoms. The zero-order valence-corrected chi connectivity index (χ0v) is 14.1. The van der Waals surface area contributed by atoms with Crippen LogP contribution in [0.1, 0.15) is 41.0 Å². The maximum atomic E-state index is 14.0. The smallest absolute Gasteiger partial charge is 0.342 e. The van der Waals surface area contributed by atoms with E-state index in [1.807, 2.05) is 6.92 Å². The Morgan fingerprint density at radius 1 is 0.885 bits per heavy atom. The minimum Gasteiger partial charge on any atom is -0.460 e. The summed E-state index contributed by atoms with van der Waals surface area (Å²) in [5.74, 6) is -12.0. The molecule has 1 atom stereocenters. The van der Waals surface area contributed by atoms with E-state index in [1.54, 1.807) is 0 Å². The predicted octanol–water partition coefficient (Wildman–Crippen LogP) is 2.36. The first-order valence-corrected chi connectivity index (χ1v) is 7.68. The van der Waals surface area contributed by atoms with Crippen molar-refractivity contribution in [1.82, 2.24) is 0 Å². The van der Waals surface area contributed by atoms with Gasteiger partial charge in [0.1, 0.15) is 24.3 Å². The van der Waals surface area contributed by atoms with Crippen LogP contribution in [-0.2, 0) is 14.2 Å². The number of aliphatic hydroxyl groups excluding tert-OH is 1. The summed E-state index contributed by atoms with van der Waals surface area (Å²) in [6.07, 6.45) is -0.473. The molecule has 0 heterocycles. The number of benzene rings is 1. The normalized spacial score (nSPS) is 12.0. The van der Waals surface area contributed by atoms with Gasteiger partial charge in [0.05, 0.1) is 12.7 Å². The average Bonchev–Trinajstić information content (AvgIpc) is 2.60. The molecular formula is C16H18F4O6. The molecule has 0 saturated carbocycles. The van der Waals surface area contributed by atoms with Crippen LogP contribution in [0.2, 0.25) is 0 Å². The molecule has 1 aromatic rings. The Hall–Kier alpha value is -2.20. The van der Waals surface area contributed by atoms with Gasteiger partial charge in [0, 0.05) is 6.61 Å². The number of hydrogen-bond acceptors (Lipinski definition) is 6. The zero-order chi connectivity index (χ0) is 19.9. The minimum atomic E-state index is -2.28. The van der Waals surface area contributed by atoms with Crippen LogP contribution in [0.15, 0.2) is 0 Å². The molecule has 146 valence electrons. The number of carbonyl (C=O) groups is 2. The van der Waals surface area contributed by atoms with Gasteiger partial charge in [-0.3, -0.25) is 0 Å². The van der Waals surface area contributed by atoms with Crippen molar-refractivity contribution in [2.24, 2.45) is 0 Å². The lowest BCUT2D eigenvalue weighted by Crippen LogP contribution is -2.23. The Morgan fingerprint density at radius 2 is 1.38 bits per heavy atom. The molecule has 0 amide bonds. The monoisotopic (exact) mass is 382 g/mol. The third-order valence-corrected chi connectivity index (χ3v) is 2.94. The second-order valence-electron chi connectivity index (χ2n) is 5.20. The SMILES string of the molecule is CCCOCCOC(=O)c1c(F)c(F)c(F)c(F)c1C(=O)OCC(C)O. The van der Waals surface area contributed by atoms with Gasteiger partial charge in [-0.05, 0) is 13.3 Å². The number of halogens is 4. The number of rotatable bonds is 9. The summed E-state index contributed by atoms with van der Waals surface area (Å²) in [7, 11) is 0. The molecule has 0 aliphatic rings. The van der Waals surface area contributed by atoms with Crippen LogP contribution < -0.4 is 0 Å². The van der Waals surface area contributed by atoms with E-state index in [9.17, 15) is 27.2 Å². The maximum absolute atomic E-state index is 14.0. The lowest BCUT2D eigenvalue weighted by atomic mass is 10.0. The van der Waals surface area contributed by atoms with Crippen LogP contribution in [0.3, 0.4) is 0 Å². The van der Waals surface area contributed by atoms with Gasteiger partial charge in [0.15, 0.2) is 23.3 Å². The Labute approximate surface area is 146 Å². The summed E-state index contributed by atoms with van der Waals surface area (Å²) in [4.78, 5) is 23.8. The van der Waals surface area contributed by atoms with E-state index < -0.39 is 59.0 Å². The highest BCUT2D eigenvalue weighted by atomic mass is 19.2. The lowest BCUT2D eigenvalue weighted by Gasteiger charge is -2.13. The fourth-order valence-electron chi connectivity index (χ4n) is 1.80. The summed E-state index contributed by atoms with van der Waals surface area (Å²) in [5.41, 5.74) is -2.89. The van der Waals surface area contributed by atoms with Gasteiger partial charge in [-0.1, -0.05) is 6.92 Å². The van der Waals surface area contributed by atoms with Crippen LogP contribution in [0, 0.1) is 23.3 Å². The van der Waals surface area contributed by atoms with Crippen LogP contribution in [0.4, 0.5) is 17.6 Å². The third-order valence-electron chi connectivity index (χ3n) is 2.94. The lowest BCUT2D eigenvalue weighted by molar-refractivity contribution is 0.0257. The number of carbonyl (C=O) groups excluding carboxylic acids is 2. The summed E-state index contributed by atoms with van der Waals surface area (Å²) >= 11 is 0. The van der Waals surface area contributed by atoms with Gasteiger partial charge in [0.25, 0.3) is 0 Å². The van der Waals surface area contributed by atoms with E-state index in [4.69, 9.17) is 9.84 Å². The number of aliphatic hydroxyl groups is 1. The van der Waals surface area contributed by atoms with E-state index in [-0.39, 0.29) is 13.2 Å². The molecule has 10 heteroatoms. The van der Waals surface area contributed by atoms with Gasteiger partial charge in [-0.25, -0.2) is 27.2 Å². The van der Waals surface area contributed by atoms with Crippen molar-refractivity contribution in [3.8, 4) is 0 Å². The Morgan fingerprint density at radius 3 is 1.85 bits per heavy atom. The number of esters is 2. The highest BCUT2D eigenvalue weighted by molar-refractivity contribution is 6.03. The summed E-state index contributed by atoms with van der Waals surface area (Å²) in [6.45, 7) is 2.31. The molecule has 0 saturated heterocycles. The van der Waals surface area contributed by atoms with E-state index >= 15 is 0 Å². The maximum Gasteiger partial charge on any atom is 0.342 e. The zero-order valence-electron chi connectivity index (χ0n) is 14.1. The summed E-state index contributed by atoms with van der Waals surface area (Å²) in [5, 5.41) is 9.05. The predicted molar refractivity (Wildman–Crippen MR) is 79.6 cm³/mol. The molecule has 0 aliphatic heterocycles.